The first kappa shape index (κ1) is 18.1. The molecule has 2 aromatic carbocycles. The van der Waals surface area contributed by atoms with E-state index in [-0.39, 0.29) is 17.1 Å². The normalized spacial score (nSPS) is 12.2. The van der Waals surface area contributed by atoms with E-state index in [0.717, 1.165) is 6.42 Å². The van der Waals surface area contributed by atoms with Gasteiger partial charge in [0, 0.05) is 6.54 Å². The third-order valence-electron chi connectivity index (χ3n) is 3.91. The summed E-state index contributed by atoms with van der Waals surface area (Å²) in [4.78, 5) is 12.1. The molecule has 0 aromatic heterocycles. The number of carbonyl (C=O) groups is 1. The van der Waals surface area contributed by atoms with Gasteiger partial charge >= 0.3 is 0 Å². The number of phenols is 2. The summed E-state index contributed by atoms with van der Waals surface area (Å²) in [5.41, 5.74) is 1.60. The van der Waals surface area contributed by atoms with E-state index in [1.807, 2.05) is 36.4 Å². The molecular formula is C20H20N2O3. The van der Waals surface area contributed by atoms with Crippen LogP contribution in [0.3, 0.4) is 0 Å². The summed E-state index contributed by atoms with van der Waals surface area (Å²) in [7, 11) is 0. The predicted octanol–water partition coefficient (Wildman–Crippen LogP) is 3.31. The van der Waals surface area contributed by atoms with Crippen LogP contribution in [-0.4, -0.2) is 22.7 Å². The Kier molecular flexibility index (Phi) is 6.19. The molecule has 0 aliphatic heterocycles. The van der Waals surface area contributed by atoms with Gasteiger partial charge in [-0.25, -0.2) is 0 Å². The van der Waals surface area contributed by atoms with Crippen molar-refractivity contribution in [3.63, 3.8) is 0 Å². The maximum atomic E-state index is 12.1. The van der Waals surface area contributed by atoms with Crippen LogP contribution < -0.4 is 5.32 Å². The quantitative estimate of drug-likeness (QED) is 0.428. The Labute approximate surface area is 146 Å². The van der Waals surface area contributed by atoms with Crippen LogP contribution in [0.1, 0.15) is 30.4 Å². The predicted molar refractivity (Wildman–Crippen MR) is 95.8 cm³/mol. The van der Waals surface area contributed by atoms with E-state index in [9.17, 15) is 20.3 Å². The number of aromatic hydroxyl groups is 2. The molecule has 5 heteroatoms. The topological polar surface area (TPSA) is 93.4 Å². The van der Waals surface area contributed by atoms with Gasteiger partial charge in [-0.05, 0) is 41.7 Å². The lowest BCUT2D eigenvalue weighted by molar-refractivity contribution is -0.117. The molecule has 128 valence electrons. The number of phenolic OH excluding ortho intramolecular Hbond substituents is 2. The first-order valence-electron chi connectivity index (χ1n) is 7.98. The summed E-state index contributed by atoms with van der Waals surface area (Å²) in [5, 5.41) is 30.7. The zero-order valence-corrected chi connectivity index (χ0v) is 13.9. The summed E-state index contributed by atoms with van der Waals surface area (Å²) in [6.45, 7) is 2.54. The molecule has 1 unspecified atom stereocenters. The van der Waals surface area contributed by atoms with E-state index in [0.29, 0.717) is 18.0 Å². The number of rotatable bonds is 6. The lowest BCUT2D eigenvalue weighted by Crippen LogP contribution is -2.26. The number of hydrogen-bond donors (Lipinski definition) is 3. The highest BCUT2D eigenvalue weighted by Gasteiger charge is 2.11. The minimum atomic E-state index is -0.463. The Morgan fingerprint density at radius 1 is 1.20 bits per heavy atom. The van der Waals surface area contributed by atoms with Crippen LogP contribution in [0, 0.1) is 11.3 Å². The zero-order chi connectivity index (χ0) is 18.2. The highest BCUT2D eigenvalue weighted by molar-refractivity contribution is 6.01. The first-order chi connectivity index (χ1) is 12.0. The van der Waals surface area contributed by atoms with E-state index in [1.54, 1.807) is 0 Å². The summed E-state index contributed by atoms with van der Waals surface area (Å²) in [6, 6.07) is 16.0. The Morgan fingerprint density at radius 2 is 1.92 bits per heavy atom. The minimum Gasteiger partial charge on any atom is -0.504 e. The highest BCUT2D eigenvalue weighted by Crippen LogP contribution is 2.26. The van der Waals surface area contributed by atoms with Crippen LogP contribution in [0.4, 0.5) is 0 Å². The van der Waals surface area contributed by atoms with Crippen molar-refractivity contribution < 1.29 is 15.0 Å². The SMILES string of the molecule is CC(CCNC(=O)/C(C#N)=C/c1ccc(O)c(O)c1)c1ccccc1. The van der Waals surface area contributed by atoms with Crippen molar-refractivity contribution in [1.82, 2.24) is 5.32 Å². The van der Waals surface area contributed by atoms with Gasteiger partial charge < -0.3 is 15.5 Å². The van der Waals surface area contributed by atoms with Gasteiger partial charge in [-0.3, -0.25) is 4.79 Å². The molecule has 0 bridgehead atoms. The maximum Gasteiger partial charge on any atom is 0.261 e. The molecule has 0 saturated carbocycles. The summed E-state index contributed by atoms with van der Waals surface area (Å²) in [6.07, 6.45) is 2.13. The van der Waals surface area contributed by atoms with E-state index >= 15 is 0 Å². The van der Waals surface area contributed by atoms with Gasteiger partial charge in [0.05, 0.1) is 0 Å². The highest BCUT2D eigenvalue weighted by atomic mass is 16.3. The lowest BCUT2D eigenvalue weighted by Gasteiger charge is -2.12. The second kappa shape index (κ2) is 8.55. The molecule has 2 rings (SSSR count). The molecule has 1 amide bonds. The van der Waals surface area contributed by atoms with Crippen molar-refractivity contribution in [2.75, 3.05) is 6.54 Å². The standard InChI is InChI=1S/C20H20N2O3/c1-14(16-5-3-2-4-6-16)9-10-22-20(25)17(13-21)11-15-7-8-18(23)19(24)12-15/h2-8,11-12,14,23-24H,9-10H2,1H3,(H,22,25)/b17-11+. The summed E-state index contributed by atoms with van der Waals surface area (Å²) >= 11 is 0. The van der Waals surface area contributed by atoms with E-state index in [1.165, 1.54) is 29.8 Å². The molecule has 3 N–H and O–H groups in total. The molecule has 0 saturated heterocycles. The van der Waals surface area contributed by atoms with Crippen LogP contribution in [-0.2, 0) is 4.79 Å². The number of nitrogens with one attached hydrogen (secondary N) is 1. The molecule has 0 radical (unpaired) electrons. The fraction of sp³-hybridized carbons (Fsp3) is 0.200. The second-order valence-corrected chi connectivity index (χ2v) is 5.77. The molecule has 0 aliphatic carbocycles. The van der Waals surface area contributed by atoms with Crippen LogP contribution in [0.25, 0.3) is 6.08 Å². The maximum absolute atomic E-state index is 12.1. The smallest absolute Gasteiger partial charge is 0.261 e. The molecule has 2 aromatic rings. The van der Waals surface area contributed by atoms with Gasteiger partial charge in [-0.2, -0.15) is 5.26 Å². The number of amides is 1. The number of hydrogen-bond acceptors (Lipinski definition) is 4. The molecule has 0 heterocycles. The Bertz CT molecular complexity index is 807. The van der Waals surface area contributed by atoms with Crippen LogP contribution in [0.5, 0.6) is 11.5 Å². The molecule has 25 heavy (non-hydrogen) atoms. The number of nitriles is 1. The molecule has 0 fully saturated rings. The monoisotopic (exact) mass is 336 g/mol. The minimum absolute atomic E-state index is 0.0579. The van der Waals surface area contributed by atoms with Gasteiger partial charge in [0.2, 0.25) is 0 Å². The number of benzene rings is 2. The molecule has 5 nitrogen and oxygen atoms in total. The molecular weight excluding hydrogens is 316 g/mol. The van der Waals surface area contributed by atoms with Crippen molar-refractivity contribution in [3.05, 3.63) is 65.2 Å². The van der Waals surface area contributed by atoms with Gasteiger partial charge in [0.1, 0.15) is 11.6 Å². The molecule has 0 aliphatic rings. The Balaban J connectivity index is 1.95. The Morgan fingerprint density at radius 3 is 2.56 bits per heavy atom. The van der Waals surface area contributed by atoms with Gasteiger partial charge in [-0.15, -0.1) is 0 Å². The van der Waals surface area contributed by atoms with Gasteiger partial charge in [0.25, 0.3) is 5.91 Å². The van der Waals surface area contributed by atoms with Crippen molar-refractivity contribution >= 4 is 12.0 Å². The first-order valence-corrected chi connectivity index (χ1v) is 7.98. The number of nitrogens with zero attached hydrogens (tertiary/aromatic N) is 1. The van der Waals surface area contributed by atoms with E-state index in [2.05, 4.69) is 12.2 Å². The van der Waals surface area contributed by atoms with Crippen molar-refractivity contribution in [1.29, 1.82) is 5.26 Å². The Hall–Kier alpha value is -3.26. The zero-order valence-electron chi connectivity index (χ0n) is 13.9. The summed E-state index contributed by atoms with van der Waals surface area (Å²) < 4.78 is 0. The van der Waals surface area contributed by atoms with Crippen LogP contribution in [0.15, 0.2) is 54.1 Å². The fourth-order valence-corrected chi connectivity index (χ4v) is 2.39. The van der Waals surface area contributed by atoms with Crippen LogP contribution in [0.2, 0.25) is 0 Å². The van der Waals surface area contributed by atoms with E-state index in [4.69, 9.17) is 0 Å². The van der Waals surface area contributed by atoms with Gasteiger partial charge in [-0.1, -0.05) is 43.3 Å². The van der Waals surface area contributed by atoms with Gasteiger partial charge in [0.15, 0.2) is 11.5 Å². The lowest BCUT2D eigenvalue weighted by atomic mass is 9.98. The fourth-order valence-electron chi connectivity index (χ4n) is 2.39. The average molecular weight is 336 g/mol. The largest absolute Gasteiger partial charge is 0.504 e. The third kappa shape index (κ3) is 5.11. The van der Waals surface area contributed by atoms with Crippen molar-refractivity contribution in [3.8, 4) is 17.6 Å². The van der Waals surface area contributed by atoms with E-state index < -0.39 is 5.91 Å². The molecule has 1 atom stereocenters. The average Bonchev–Trinajstić information content (AvgIpc) is 2.63. The third-order valence-corrected chi connectivity index (χ3v) is 3.91. The van der Waals surface area contributed by atoms with Crippen LogP contribution >= 0.6 is 0 Å². The van der Waals surface area contributed by atoms with Crippen molar-refractivity contribution in [2.45, 2.75) is 19.3 Å². The van der Waals surface area contributed by atoms with Crippen molar-refractivity contribution in [2.24, 2.45) is 0 Å². The summed E-state index contributed by atoms with van der Waals surface area (Å²) in [5.74, 6) is -0.724. The molecule has 0 spiro atoms. The number of carbonyl (C=O) groups excluding carboxylic acids is 1. The second-order valence-electron chi connectivity index (χ2n) is 5.77.